The summed E-state index contributed by atoms with van der Waals surface area (Å²) in [5.41, 5.74) is 0.777. The highest BCUT2D eigenvalue weighted by atomic mass is 32.2. The number of rotatable bonds is 11. The summed E-state index contributed by atoms with van der Waals surface area (Å²) in [6, 6.07) is 7.07. The molecule has 1 rings (SSSR count). The number of ether oxygens (including phenoxy) is 2. The van der Waals surface area contributed by atoms with Gasteiger partial charge in [0.05, 0.1) is 24.9 Å². The Bertz CT molecular complexity index is 721. The molecule has 0 aliphatic heterocycles. The van der Waals surface area contributed by atoms with Crippen LogP contribution in [0.4, 0.5) is 4.79 Å². The predicted octanol–water partition coefficient (Wildman–Crippen LogP) is 4.32. The van der Waals surface area contributed by atoms with E-state index in [1.165, 1.54) is 18.7 Å². The van der Waals surface area contributed by atoms with Crippen LogP contribution in [0.1, 0.15) is 26.3 Å². The molecule has 8 nitrogen and oxygen atoms in total. The van der Waals surface area contributed by atoms with E-state index in [1.54, 1.807) is 38.3 Å². The number of benzene rings is 1. The third-order valence-electron chi connectivity index (χ3n) is 3.17. The molecule has 0 N–H and O–H groups in total. The molecule has 0 spiro atoms. The second-order valence-corrected chi connectivity index (χ2v) is 8.90. The van der Waals surface area contributed by atoms with E-state index in [2.05, 4.69) is 4.99 Å². The maximum atomic E-state index is 12.8. The van der Waals surface area contributed by atoms with Gasteiger partial charge >= 0.3 is 13.7 Å². The van der Waals surface area contributed by atoms with Crippen LogP contribution >= 0.6 is 19.4 Å². The van der Waals surface area contributed by atoms with E-state index in [9.17, 15) is 14.2 Å². The second kappa shape index (κ2) is 12.7. The molecule has 0 heterocycles. The number of nitrogens with zero attached hydrogens (tertiary/aromatic N) is 1. The van der Waals surface area contributed by atoms with Crippen molar-refractivity contribution in [3.63, 3.8) is 0 Å². The van der Waals surface area contributed by atoms with E-state index in [4.69, 9.17) is 18.5 Å². The average Bonchev–Trinajstić information content (AvgIpc) is 2.65. The summed E-state index contributed by atoms with van der Waals surface area (Å²) in [7, 11) is -2.03. The van der Waals surface area contributed by atoms with Crippen molar-refractivity contribution in [1.29, 1.82) is 0 Å². The van der Waals surface area contributed by atoms with Gasteiger partial charge in [0.25, 0.3) is 0 Å². The lowest BCUT2D eigenvalue weighted by molar-refractivity contribution is -0.119. The minimum Gasteiger partial charge on any atom is -0.497 e. The SMILES string of the molecule is CCOP(=O)(CC(=NC(=O)OCc1ccc(OC)cc1)SCC)OCC(C)=O. The number of Topliss-reactive ketones (excluding diaryl/α,β-unsaturated/α-hetero) is 1. The van der Waals surface area contributed by atoms with Gasteiger partial charge in [0, 0.05) is 0 Å². The number of aliphatic imine (C=N–C) groups is 1. The number of carbonyl (C=O) groups excluding carboxylic acids is 2. The van der Waals surface area contributed by atoms with E-state index >= 15 is 0 Å². The van der Waals surface area contributed by atoms with Gasteiger partial charge in [-0.1, -0.05) is 19.1 Å². The molecule has 10 heteroatoms. The van der Waals surface area contributed by atoms with Crippen LogP contribution in [0.2, 0.25) is 0 Å². The van der Waals surface area contributed by atoms with Gasteiger partial charge in [0.1, 0.15) is 19.0 Å². The number of hydrogen-bond acceptors (Lipinski definition) is 8. The number of carbonyl (C=O) groups is 2. The fourth-order valence-electron chi connectivity index (χ4n) is 1.96. The molecule has 156 valence electrons. The Morgan fingerprint density at radius 3 is 2.36 bits per heavy atom. The maximum absolute atomic E-state index is 12.8. The van der Waals surface area contributed by atoms with Crippen molar-refractivity contribution in [1.82, 2.24) is 0 Å². The first kappa shape index (κ1) is 24.4. The topological polar surface area (TPSA) is 100 Å². The predicted molar refractivity (Wildman–Crippen MR) is 109 cm³/mol. The van der Waals surface area contributed by atoms with Crippen molar-refractivity contribution in [2.24, 2.45) is 4.99 Å². The molecule has 0 bridgehead atoms. The zero-order valence-corrected chi connectivity index (χ0v) is 18.2. The molecular weight excluding hydrogens is 405 g/mol. The van der Waals surface area contributed by atoms with Crippen molar-refractivity contribution in [2.75, 3.05) is 32.2 Å². The van der Waals surface area contributed by atoms with Gasteiger partial charge in [-0.15, -0.1) is 11.8 Å². The lowest BCUT2D eigenvalue weighted by Gasteiger charge is -2.17. The summed E-state index contributed by atoms with van der Waals surface area (Å²) in [6.07, 6.45) is -1.01. The summed E-state index contributed by atoms with van der Waals surface area (Å²) in [5.74, 6) is 1.02. The molecule has 0 aliphatic rings. The Morgan fingerprint density at radius 2 is 1.82 bits per heavy atom. The number of methoxy groups -OCH3 is 1. The van der Waals surface area contributed by atoms with Crippen molar-refractivity contribution in [3.8, 4) is 5.75 Å². The minimum absolute atomic E-state index is 0.0420. The molecular formula is C18H26NO7PS. The Labute approximate surface area is 169 Å². The molecule has 0 aliphatic carbocycles. The standard InChI is InChI=1S/C18H26NO7PS/c1-5-25-27(22,26-11-14(3)20)13-17(28-6-2)19-18(21)24-12-15-7-9-16(23-4)10-8-15/h7-10H,5-6,11-13H2,1-4H3. The molecule has 0 fully saturated rings. The molecule has 28 heavy (non-hydrogen) atoms. The van der Waals surface area contributed by atoms with Crippen molar-refractivity contribution in [2.45, 2.75) is 27.4 Å². The summed E-state index contributed by atoms with van der Waals surface area (Å²) < 4.78 is 33.4. The lowest BCUT2D eigenvalue weighted by Crippen LogP contribution is -2.13. The molecule has 1 unspecified atom stereocenters. The van der Waals surface area contributed by atoms with Gasteiger partial charge in [-0.2, -0.15) is 4.99 Å². The molecule has 0 saturated heterocycles. The van der Waals surface area contributed by atoms with Gasteiger partial charge < -0.3 is 18.5 Å². The lowest BCUT2D eigenvalue weighted by atomic mass is 10.2. The Kier molecular flexibility index (Phi) is 11.1. The highest BCUT2D eigenvalue weighted by Gasteiger charge is 2.28. The van der Waals surface area contributed by atoms with Crippen molar-refractivity contribution < 1.29 is 32.7 Å². The fourth-order valence-corrected chi connectivity index (χ4v) is 4.70. The van der Waals surface area contributed by atoms with Gasteiger partial charge in [-0.05, 0) is 37.3 Å². The molecule has 0 radical (unpaired) electrons. The molecule has 0 saturated carbocycles. The second-order valence-electron chi connectivity index (χ2n) is 5.50. The van der Waals surface area contributed by atoms with Crippen LogP contribution in [-0.4, -0.2) is 49.2 Å². The quantitative estimate of drug-likeness (QED) is 0.290. The third-order valence-corrected chi connectivity index (χ3v) is 6.10. The fraction of sp³-hybridized carbons (Fsp3) is 0.500. The minimum atomic E-state index is -3.60. The molecule has 0 aromatic heterocycles. The average molecular weight is 431 g/mol. The molecule has 1 aromatic carbocycles. The van der Waals surface area contributed by atoms with Crippen LogP contribution in [0.5, 0.6) is 5.75 Å². The maximum Gasteiger partial charge on any atom is 0.434 e. The van der Waals surface area contributed by atoms with Gasteiger partial charge in [-0.25, -0.2) is 4.79 Å². The van der Waals surface area contributed by atoms with Crippen LogP contribution in [0.15, 0.2) is 29.3 Å². The number of hydrogen-bond donors (Lipinski definition) is 0. The van der Waals surface area contributed by atoms with Gasteiger partial charge in [0.15, 0.2) is 5.78 Å². The van der Waals surface area contributed by atoms with Crippen LogP contribution in [0, 0.1) is 0 Å². The first-order valence-corrected chi connectivity index (χ1v) is 11.4. The number of amides is 1. The first-order valence-electron chi connectivity index (χ1n) is 8.69. The highest BCUT2D eigenvalue weighted by molar-refractivity contribution is 8.14. The number of ketones is 1. The largest absolute Gasteiger partial charge is 0.497 e. The van der Waals surface area contributed by atoms with Gasteiger partial charge in [0.2, 0.25) is 0 Å². The Balaban J connectivity index is 2.77. The molecule has 1 amide bonds. The Morgan fingerprint density at radius 1 is 1.14 bits per heavy atom. The first-order chi connectivity index (χ1) is 13.3. The monoisotopic (exact) mass is 431 g/mol. The summed E-state index contributed by atoms with van der Waals surface area (Å²) >= 11 is 1.23. The van der Waals surface area contributed by atoms with E-state index in [0.29, 0.717) is 11.5 Å². The van der Waals surface area contributed by atoms with E-state index in [1.807, 2.05) is 6.92 Å². The summed E-state index contributed by atoms with van der Waals surface area (Å²) in [6.45, 7) is 4.70. The van der Waals surface area contributed by atoms with E-state index in [0.717, 1.165) is 5.56 Å². The number of thioether (sulfide) groups is 1. The van der Waals surface area contributed by atoms with Crippen LogP contribution < -0.4 is 4.74 Å². The highest BCUT2D eigenvalue weighted by Crippen LogP contribution is 2.49. The normalized spacial score (nSPS) is 13.6. The van der Waals surface area contributed by atoms with E-state index < -0.39 is 13.7 Å². The van der Waals surface area contributed by atoms with Crippen LogP contribution in [0.25, 0.3) is 0 Å². The molecule has 1 atom stereocenters. The van der Waals surface area contributed by atoms with Crippen molar-refractivity contribution >= 4 is 36.3 Å². The zero-order chi connectivity index (χ0) is 21.0. The Hall–Kier alpha value is -1.67. The zero-order valence-electron chi connectivity index (χ0n) is 16.5. The van der Waals surface area contributed by atoms with Crippen LogP contribution in [-0.2, 0) is 29.8 Å². The third kappa shape index (κ3) is 9.50. The van der Waals surface area contributed by atoms with E-state index in [-0.39, 0.29) is 36.8 Å². The van der Waals surface area contributed by atoms with Crippen LogP contribution in [0.3, 0.4) is 0 Å². The smallest absolute Gasteiger partial charge is 0.434 e. The van der Waals surface area contributed by atoms with Gasteiger partial charge in [-0.3, -0.25) is 9.36 Å². The molecule has 1 aromatic rings. The summed E-state index contributed by atoms with van der Waals surface area (Å²) in [4.78, 5) is 27.1. The van der Waals surface area contributed by atoms with Crippen molar-refractivity contribution in [3.05, 3.63) is 29.8 Å². The summed E-state index contributed by atoms with van der Waals surface area (Å²) in [5, 5.41) is 0.266.